The molecule has 0 unspecified atom stereocenters. The Morgan fingerprint density at radius 2 is 2.12 bits per heavy atom. The number of rotatable bonds is 8. The minimum absolute atomic E-state index is 0.0162. The Morgan fingerprint density at radius 3 is 2.88 bits per heavy atom. The molecule has 0 atom stereocenters. The van der Waals surface area contributed by atoms with Crippen LogP contribution in [-0.2, 0) is 4.79 Å². The Hall–Kier alpha value is -2.08. The fourth-order valence-electron chi connectivity index (χ4n) is 2.02. The molecule has 1 aromatic carbocycles. The van der Waals surface area contributed by atoms with E-state index in [0.717, 1.165) is 18.5 Å². The highest BCUT2D eigenvalue weighted by atomic mass is 32.2. The van der Waals surface area contributed by atoms with Gasteiger partial charge < -0.3 is 5.32 Å². The van der Waals surface area contributed by atoms with Gasteiger partial charge >= 0.3 is 0 Å². The van der Waals surface area contributed by atoms with Gasteiger partial charge in [0, 0.05) is 6.54 Å². The van der Waals surface area contributed by atoms with Crippen LogP contribution in [0.4, 0.5) is 0 Å². The van der Waals surface area contributed by atoms with E-state index in [9.17, 15) is 4.79 Å². The number of amides is 1. The molecule has 0 aliphatic carbocycles. The molecule has 2 rings (SSSR count). The lowest BCUT2D eigenvalue weighted by Gasteiger charge is -2.05. The summed E-state index contributed by atoms with van der Waals surface area (Å²) in [7, 11) is 0. The van der Waals surface area contributed by atoms with Crippen LogP contribution in [0.2, 0.25) is 0 Å². The Bertz CT molecular complexity index is 694. The van der Waals surface area contributed by atoms with E-state index in [2.05, 4.69) is 53.4 Å². The summed E-state index contributed by atoms with van der Waals surface area (Å²) in [6.45, 7) is 7.07. The smallest absolute Gasteiger partial charge is 0.230 e. The van der Waals surface area contributed by atoms with Crippen LogP contribution in [0.15, 0.2) is 29.4 Å². The van der Waals surface area contributed by atoms with Crippen LogP contribution in [0.1, 0.15) is 37.2 Å². The van der Waals surface area contributed by atoms with E-state index in [1.807, 2.05) is 24.3 Å². The van der Waals surface area contributed by atoms with Crippen molar-refractivity contribution in [3.63, 3.8) is 0 Å². The number of benzene rings is 1. The number of nitrogens with zero attached hydrogens (tertiary/aromatic N) is 2. The van der Waals surface area contributed by atoms with Crippen LogP contribution < -0.4 is 5.32 Å². The number of carbonyl (C=O) groups excluding carboxylic acids is 1. The van der Waals surface area contributed by atoms with Crippen molar-refractivity contribution in [1.29, 1.82) is 0 Å². The number of H-pyrrole nitrogens is 1. The van der Waals surface area contributed by atoms with Crippen molar-refractivity contribution in [2.24, 2.45) is 5.92 Å². The molecular weight excluding hydrogens is 320 g/mol. The van der Waals surface area contributed by atoms with Crippen molar-refractivity contribution in [3.8, 4) is 0 Å². The highest BCUT2D eigenvalue weighted by molar-refractivity contribution is 7.99. The zero-order valence-corrected chi connectivity index (χ0v) is 15.2. The van der Waals surface area contributed by atoms with Crippen LogP contribution in [0, 0.1) is 12.8 Å². The first kappa shape index (κ1) is 18.3. The maximum Gasteiger partial charge on any atom is 0.230 e. The third-order valence-electron chi connectivity index (χ3n) is 3.47. The number of hydrogen-bond donors (Lipinski definition) is 2. The van der Waals surface area contributed by atoms with Crippen molar-refractivity contribution in [2.45, 2.75) is 32.3 Å². The molecule has 0 spiro atoms. The maximum absolute atomic E-state index is 11.7. The van der Waals surface area contributed by atoms with Gasteiger partial charge in [0.1, 0.15) is 5.82 Å². The SMILES string of the molecule is Cc1ccccc1C=Cc1nc(SCC(=O)NCCC(C)C)n[nH]1. The lowest BCUT2D eigenvalue weighted by atomic mass is 10.1. The third kappa shape index (κ3) is 6.20. The van der Waals surface area contributed by atoms with Gasteiger partial charge in [0.15, 0.2) is 0 Å². The van der Waals surface area contributed by atoms with Gasteiger partial charge in [0.2, 0.25) is 11.1 Å². The van der Waals surface area contributed by atoms with Gasteiger partial charge in [-0.2, -0.15) is 0 Å². The molecule has 1 amide bonds. The van der Waals surface area contributed by atoms with E-state index in [1.165, 1.54) is 17.3 Å². The van der Waals surface area contributed by atoms with Gasteiger partial charge in [-0.3, -0.25) is 9.89 Å². The van der Waals surface area contributed by atoms with E-state index in [0.29, 0.717) is 22.7 Å². The lowest BCUT2D eigenvalue weighted by Crippen LogP contribution is -2.26. The second-order valence-electron chi connectivity index (χ2n) is 6.01. The topological polar surface area (TPSA) is 70.7 Å². The molecule has 0 bridgehead atoms. The molecule has 1 heterocycles. The Kier molecular flexibility index (Phi) is 7.06. The number of hydrogen-bond acceptors (Lipinski definition) is 4. The van der Waals surface area contributed by atoms with Crippen molar-refractivity contribution < 1.29 is 4.79 Å². The average Bonchev–Trinajstić information content (AvgIpc) is 3.00. The Labute approximate surface area is 147 Å². The van der Waals surface area contributed by atoms with E-state index >= 15 is 0 Å². The fourth-order valence-corrected chi connectivity index (χ4v) is 2.66. The largest absolute Gasteiger partial charge is 0.355 e. The summed E-state index contributed by atoms with van der Waals surface area (Å²) in [5.74, 6) is 1.62. The molecule has 24 heavy (non-hydrogen) atoms. The van der Waals surface area contributed by atoms with Gasteiger partial charge in [0.25, 0.3) is 0 Å². The van der Waals surface area contributed by atoms with E-state index < -0.39 is 0 Å². The highest BCUT2D eigenvalue weighted by Crippen LogP contribution is 2.14. The molecular formula is C18H24N4OS. The number of thioether (sulfide) groups is 1. The molecule has 0 fully saturated rings. The number of aromatic amines is 1. The average molecular weight is 344 g/mol. The first-order valence-corrected chi connectivity index (χ1v) is 9.09. The predicted octanol–water partition coefficient (Wildman–Crippen LogP) is 3.54. The maximum atomic E-state index is 11.7. The highest BCUT2D eigenvalue weighted by Gasteiger charge is 2.06. The summed E-state index contributed by atoms with van der Waals surface area (Å²) in [4.78, 5) is 16.1. The molecule has 6 heteroatoms. The van der Waals surface area contributed by atoms with Crippen molar-refractivity contribution in [2.75, 3.05) is 12.3 Å². The van der Waals surface area contributed by atoms with Crippen LogP contribution in [0.3, 0.4) is 0 Å². The molecule has 0 saturated heterocycles. The zero-order chi connectivity index (χ0) is 17.4. The predicted molar refractivity (Wildman–Crippen MR) is 99.7 cm³/mol. The molecule has 5 nitrogen and oxygen atoms in total. The normalized spacial score (nSPS) is 11.3. The summed E-state index contributed by atoms with van der Waals surface area (Å²) in [6.07, 6.45) is 4.88. The Balaban J connectivity index is 1.81. The monoisotopic (exact) mass is 344 g/mol. The van der Waals surface area contributed by atoms with Crippen LogP contribution in [-0.4, -0.2) is 33.4 Å². The molecule has 0 aliphatic rings. The zero-order valence-electron chi connectivity index (χ0n) is 14.4. The number of aromatic nitrogens is 3. The minimum Gasteiger partial charge on any atom is -0.355 e. The van der Waals surface area contributed by atoms with Gasteiger partial charge in [-0.05, 0) is 36.5 Å². The number of carbonyl (C=O) groups is 1. The molecule has 128 valence electrons. The van der Waals surface area contributed by atoms with E-state index in [-0.39, 0.29) is 5.91 Å². The molecule has 2 aromatic rings. The van der Waals surface area contributed by atoms with Gasteiger partial charge in [-0.15, -0.1) is 5.10 Å². The number of aryl methyl sites for hydroxylation is 1. The van der Waals surface area contributed by atoms with Crippen LogP contribution in [0.5, 0.6) is 0 Å². The second kappa shape index (κ2) is 9.27. The number of nitrogens with one attached hydrogen (secondary N) is 2. The first-order chi connectivity index (χ1) is 11.5. The van der Waals surface area contributed by atoms with Crippen molar-refractivity contribution in [3.05, 3.63) is 41.2 Å². The van der Waals surface area contributed by atoms with Crippen molar-refractivity contribution in [1.82, 2.24) is 20.5 Å². The third-order valence-corrected chi connectivity index (χ3v) is 4.31. The Morgan fingerprint density at radius 1 is 1.33 bits per heavy atom. The summed E-state index contributed by atoms with van der Waals surface area (Å²) in [5, 5.41) is 10.5. The van der Waals surface area contributed by atoms with Gasteiger partial charge in [-0.25, -0.2) is 4.98 Å². The molecule has 2 N–H and O–H groups in total. The second-order valence-corrected chi connectivity index (χ2v) is 6.96. The quantitative estimate of drug-likeness (QED) is 0.719. The minimum atomic E-state index is 0.0162. The summed E-state index contributed by atoms with van der Waals surface area (Å²) < 4.78 is 0. The van der Waals surface area contributed by atoms with E-state index in [4.69, 9.17) is 0 Å². The fraction of sp³-hybridized carbons (Fsp3) is 0.389. The van der Waals surface area contributed by atoms with Gasteiger partial charge in [-0.1, -0.05) is 56.0 Å². The standard InChI is InChI=1S/C18H24N4OS/c1-13(2)10-11-19-17(23)12-24-18-20-16(21-22-18)9-8-15-7-5-4-6-14(15)3/h4-9,13H,10-12H2,1-3H3,(H,19,23)(H,20,21,22). The molecule has 0 saturated carbocycles. The van der Waals surface area contributed by atoms with E-state index in [1.54, 1.807) is 0 Å². The molecule has 0 radical (unpaired) electrons. The van der Waals surface area contributed by atoms with Crippen LogP contribution in [0.25, 0.3) is 12.2 Å². The van der Waals surface area contributed by atoms with Crippen LogP contribution >= 0.6 is 11.8 Å². The summed E-state index contributed by atoms with van der Waals surface area (Å²) in [5.41, 5.74) is 2.36. The van der Waals surface area contributed by atoms with Gasteiger partial charge in [0.05, 0.1) is 5.75 Å². The lowest BCUT2D eigenvalue weighted by molar-refractivity contribution is -0.118. The van der Waals surface area contributed by atoms with Crippen molar-refractivity contribution >= 4 is 29.8 Å². The summed E-state index contributed by atoms with van der Waals surface area (Å²) in [6, 6.07) is 8.15. The summed E-state index contributed by atoms with van der Waals surface area (Å²) >= 11 is 1.33. The molecule has 1 aromatic heterocycles. The molecule has 0 aliphatic heterocycles. The first-order valence-electron chi connectivity index (χ1n) is 8.10.